The molecule has 0 unspecified atom stereocenters. The van der Waals surface area contributed by atoms with Crippen molar-refractivity contribution in [3.8, 4) is 0 Å². The van der Waals surface area contributed by atoms with E-state index in [1.54, 1.807) is 30.5 Å². The van der Waals surface area contributed by atoms with Crippen LogP contribution in [0.1, 0.15) is 12.0 Å². The van der Waals surface area contributed by atoms with Gasteiger partial charge in [-0.2, -0.15) is 0 Å². The topological polar surface area (TPSA) is 12.9 Å². The van der Waals surface area contributed by atoms with Crippen LogP contribution in [0.3, 0.4) is 0 Å². The van der Waals surface area contributed by atoms with Crippen LogP contribution in [0.2, 0.25) is 0 Å². The Kier molecular flexibility index (Phi) is 2.44. The van der Waals surface area contributed by atoms with Crippen molar-refractivity contribution in [1.29, 1.82) is 0 Å². The fraction of sp³-hybridized carbons (Fsp3) is 0.0714. The maximum atomic E-state index is 13.3. The van der Waals surface area contributed by atoms with Gasteiger partial charge in [-0.25, -0.2) is 13.2 Å². The Hall–Kier alpha value is -2.10. The molecule has 0 bridgehead atoms. The van der Waals surface area contributed by atoms with E-state index < -0.39 is 12.2 Å². The van der Waals surface area contributed by atoms with E-state index in [1.165, 1.54) is 6.07 Å². The van der Waals surface area contributed by atoms with Crippen LogP contribution in [0.5, 0.6) is 0 Å². The maximum Gasteiger partial charge on any atom is 0.264 e. The molecule has 0 spiro atoms. The summed E-state index contributed by atoms with van der Waals surface area (Å²) in [6, 6.07) is 9.15. The van der Waals surface area contributed by atoms with Crippen molar-refractivity contribution in [2.24, 2.45) is 0 Å². The molecule has 2 aromatic carbocycles. The predicted molar refractivity (Wildman–Crippen MR) is 64.2 cm³/mol. The van der Waals surface area contributed by atoms with Crippen LogP contribution in [-0.4, -0.2) is 4.98 Å². The molecule has 0 aliphatic carbocycles. The quantitative estimate of drug-likeness (QED) is 0.578. The third-order valence-electron chi connectivity index (χ3n) is 2.92. The zero-order valence-corrected chi connectivity index (χ0v) is 9.20. The number of hydrogen-bond donors (Lipinski definition) is 0. The number of fused-ring (bicyclic) bond motifs is 3. The molecule has 1 aromatic heterocycles. The summed E-state index contributed by atoms with van der Waals surface area (Å²) in [5.41, 5.74) is -0.0571. The molecule has 18 heavy (non-hydrogen) atoms. The van der Waals surface area contributed by atoms with Gasteiger partial charge in [0.2, 0.25) is 0 Å². The van der Waals surface area contributed by atoms with Crippen molar-refractivity contribution in [3.05, 3.63) is 54.0 Å². The van der Waals surface area contributed by atoms with Gasteiger partial charge < -0.3 is 0 Å². The van der Waals surface area contributed by atoms with Gasteiger partial charge in [0.25, 0.3) is 6.43 Å². The van der Waals surface area contributed by atoms with E-state index in [9.17, 15) is 13.2 Å². The highest BCUT2D eigenvalue weighted by Gasteiger charge is 2.16. The minimum Gasteiger partial charge on any atom is -0.255 e. The van der Waals surface area contributed by atoms with Gasteiger partial charge in [0.1, 0.15) is 5.82 Å². The molecule has 0 atom stereocenters. The number of alkyl halides is 2. The zero-order valence-electron chi connectivity index (χ0n) is 9.20. The first kappa shape index (κ1) is 11.0. The van der Waals surface area contributed by atoms with Gasteiger partial charge >= 0.3 is 0 Å². The number of aromatic nitrogens is 1. The average molecular weight is 247 g/mol. The largest absolute Gasteiger partial charge is 0.264 e. The third kappa shape index (κ3) is 1.61. The molecule has 0 saturated heterocycles. The SMILES string of the molecule is Fc1cc(C(F)F)c2c(c1)ncc1ccccc12. The molecule has 0 saturated carbocycles. The van der Waals surface area contributed by atoms with Crippen molar-refractivity contribution in [2.45, 2.75) is 6.43 Å². The van der Waals surface area contributed by atoms with Crippen molar-refractivity contribution >= 4 is 21.7 Å². The van der Waals surface area contributed by atoms with Crippen LogP contribution < -0.4 is 0 Å². The highest BCUT2D eigenvalue weighted by molar-refractivity contribution is 6.07. The summed E-state index contributed by atoms with van der Waals surface area (Å²) >= 11 is 0. The molecule has 0 radical (unpaired) electrons. The molecule has 0 amide bonds. The number of benzene rings is 2. The van der Waals surface area contributed by atoms with Gasteiger partial charge in [0.15, 0.2) is 0 Å². The van der Waals surface area contributed by atoms with E-state index in [4.69, 9.17) is 0 Å². The van der Waals surface area contributed by atoms with E-state index in [0.29, 0.717) is 10.8 Å². The van der Waals surface area contributed by atoms with Gasteiger partial charge in [0, 0.05) is 28.6 Å². The monoisotopic (exact) mass is 247 g/mol. The minimum absolute atomic E-state index is 0.254. The van der Waals surface area contributed by atoms with E-state index in [-0.39, 0.29) is 11.1 Å². The molecule has 1 nitrogen and oxygen atoms in total. The van der Waals surface area contributed by atoms with Gasteiger partial charge in [-0.1, -0.05) is 24.3 Å². The number of rotatable bonds is 1. The smallest absolute Gasteiger partial charge is 0.255 e. The molecule has 90 valence electrons. The van der Waals surface area contributed by atoms with Crippen LogP contribution in [-0.2, 0) is 0 Å². The fourth-order valence-electron chi connectivity index (χ4n) is 2.16. The molecule has 3 aromatic rings. The highest BCUT2D eigenvalue weighted by Crippen LogP contribution is 2.32. The molecule has 4 heteroatoms. The fourth-order valence-corrected chi connectivity index (χ4v) is 2.16. The van der Waals surface area contributed by atoms with E-state index in [0.717, 1.165) is 11.5 Å². The first-order chi connectivity index (χ1) is 8.66. The number of halogens is 3. The second-order valence-corrected chi connectivity index (χ2v) is 4.04. The first-order valence-corrected chi connectivity index (χ1v) is 5.42. The highest BCUT2D eigenvalue weighted by atomic mass is 19.3. The zero-order chi connectivity index (χ0) is 12.7. The first-order valence-electron chi connectivity index (χ1n) is 5.42. The Morgan fingerprint density at radius 2 is 1.83 bits per heavy atom. The third-order valence-corrected chi connectivity index (χ3v) is 2.92. The summed E-state index contributed by atoms with van der Waals surface area (Å²) in [7, 11) is 0. The minimum atomic E-state index is -2.73. The van der Waals surface area contributed by atoms with Crippen LogP contribution in [0.4, 0.5) is 13.2 Å². The Labute approximate surface area is 101 Å². The van der Waals surface area contributed by atoms with Gasteiger partial charge in [0.05, 0.1) is 5.52 Å². The Balaban J connectivity index is 2.55. The van der Waals surface area contributed by atoms with Crippen molar-refractivity contribution < 1.29 is 13.2 Å². The number of nitrogens with zero attached hydrogens (tertiary/aromatic N) is 1. The summed E-state index contributed by atoms with van der Waals surface area (Å²) in [4.78, 5) is 4.04. The van der Waals surface area contributed by atoms with E-state index in [1.807, 2.05) is 0 Å². The van der Waals surface area contributed by atoms with Crippen molar-refractivity contribution in [3.63, 3.8) is 0 Å². The Morgan fingerprint density at radius 1 is 1.06 bits per heavy atom. The van der Waals surface area contributed by atoms with Gasteiger partial charge in [-0.05, 0) is 11.5 Å². The van der Waals surface area contributed by atoms with Crippen LogP contribution in [0.25, 0.3) is 21.7 Å². The molecule has 0 aliphatic rings. The van der Waals surface area contributed by atoms with Gasteiger partial charge in [-0.15, -0.1) is 0 Å². The Bertz CT molecular complexity index is 738. The van der Waals surface area contributed by atoms with E-state index in [2.05, 4.69) is 4.98 Å². The van der Waals surface area contributed by atoms with E-state index >= 15 is 0 Å². The second kappa shape index (κ2) is 3.98. The number of pyridine rings is 1. The molecule has 0 fully saturated rings. The summed E-state index contributed by atoms with van der Waals surface area (Å²) in [5.74, 6) is -0.694. The second-order valence-electron chi connectivity index (χ2n) is 4.04. The standard InChI is InChI=1S/C14H8F3N/c15-9-5-11(14(16)17)13-10-4-2-1-3-8(10)7-18-12(13)6-9/h1-7,14H. The number of hydrogen-bond acceptors (Lipinski definition) is 1. The summed E-state index contributed by atoms with van der Waals surface area (Å²) in [5, 5.41) is 1.75. The predicted octanol–water partition coefficient (Wildman–Crippen LogP) is 4.46. The van der Waals surface area contributed by atoms with Crippen LogP contribution >= 0.6 is 0 Å². The molecular weight excluding hydrogens is 239 g/mol. The normalized spacial score (nSPS) is 11.6. The lowest BCUT2D eigenvalue weighted by molar-refractivity contribution is 0.153. The average Bonchev–Trinajstić information content (AvgIpc) is 2.37. The van der Waals surface area contributed by atoms with Crippen LogP contribution in [0, 0.1) is 5.82 Å². The summed E-state index contributed by atoms with van der Waals surface area (Å²) in [6.07, 6.45) is -1.16. The molecule has 1 heterocycles. The van der Waals surface area contributed by atoms with Gasteiger partial charge in [-0.3, -0.25) is 4.98 Å². The lowest BCUT2D eigenvalue weighted by Crippen LogP contribution is -1.92. The molecule has 0 aliphatic heterocycles. The van der Waals surface area contributed by atoms with Crippen LogP contribution in [0.15, 0.2) is 42.6 Å². The van der Waals surface area contributed by atoms with Crippen molar-refractivity contribution in [1.82, 2.24) is 4.98 Å². The molecule has 0 N–H and O–H groups in total. The lowest BCUT2D eigenvalue weighted by atomic mass is 10.0. The molecule has 3 rings (SSSR count). The molecular formula is C14H8F3N. The summed E-state index contributed by atoms with van der Waals surface area (Å²) < 4.78 is 39.3. The Morgan fingerprint density at radius 3 is 2.61 bits per heavy atom. The lowest BCUT2D eigenvalue weighted by Gasteiger charge is -2.08. The maximum absolute atomic E-state index is 13.3. The summed E-state index contributed by atoms with van der Waals surface area (Å²) in [6.45, 7) is 0. The van der Waals surface area contributed by atoms with Crippen molar-refractivity contribution in [2.75, 3.05) is 0 Å².